The molecule has 2 aromatic rings. The summed E-state index contributed by atoms with van der Waals surface area (Å²) < 4.78 is 11.8. The predicted octanol–water partition coefficient (Wildman–Crippen LogP) is 11.0. The van der Waals surface area contributed by atoms with Crippen molar-refractivity contribution in [3.05, 3.63) is 36.7 Å². The zero-order chi connectivity index (χ0) is 29.1. The number of ether oxygens (including phenoxy) is 2. The Morgan fingerprint density at radius 3 is 1.57 bits per heavy atom. The summed E-state index contributed by atoms with van der Waals surface area (Å²) in [5.74, 6) is 2.39. The Bertz CT molecular complexity index is 896. The van der Waals surface area contributed by atoms with Gasteiger partial charge in [0.05, 0.1) is 25.6 Å². The van der Waals surface area contributed by atoms with Gasteiger partial charge in [0.25, 0.3) is 0 Å². The van der Waals surface area contributed by atoms with E-state index >= 15 is 0 Å². The van der Waals surface area contributed by atoms with Crippen LogP contribution in [-0.2, 0) is 0 Å². The molecule has 1 aromatic carbocycles. The summed E-state index contributed by atoms with van der Waals surface area (Å²) in [6, 6.07) is 9.64. The average molecular weight is 585 g/mol. The van der Waals surface area contributed by atoms with Crippen LogP contribution in [0.3, 0.4) is 0 Å². The summed E-state index contributed by atoms with van der Waals surface area (Å²) >= 11 is 0. The Morgan fingerprint density at radius 2 is 1.05 bits per heavy atom. The van der Waals surface area contributed by atoms with Gasteiger partial charge < -0.3 is 9.47 Å². The molecular weight excluding hydrogens is 525 g/mol. The van der Waals surface area contributed by atoms with Crippen molar-refractivity contribution in [2.75, 3.05) is 13.2 Å². The van der Waals surface area contributed by atoms with Crippen molar-refractivity contribution in [3.63, 3.8) is 0 Å². The zero-order valence-electron chi connectivity index (χ0n) is 26.9. The molecule has 40 heavy (non-hydrogen) atoms. The number of benzene rings is 1. The minimum Gasteiger partial charge on any atom is -0.494 e. The summed E-state index contributed by atoms with van der Waals surface area (Å²) in [7, 11) is -1.88. The molecule has 6 heteroatoms. The van der Waals surface area contributed by atoms with Gasteiger partial charge in [-0.15, -0.1) is 0 Å². The monoisotopic (exact) mass is 584 g/mol. The van der Waals surface area contributed by atoms with E-state index in [4.69, 9.17) is 9.47 Å². The summed E-state index contributed by atoms with van der Waals surface area (Å²) in [4.78, 5) is 9.02. The molecular formula is C34H60N2O2Si2. The standard InChI is InChI=1S/C34H60N2O2Si2/c1-7-8-9-10-11-12-15-19-26-38-33-28-35-34(36-29-33)31-21-23-32(24-22-31)37-25-18-16-13-14-17-20-27-40(5,6)30-39(2,3)4/h21-24,28-29H,7-20,25-27,30H2,1-6H3. The van der Waals surface area contributed by atoms with Crippen LogP contribution in [0.25, 0.3) is 11.4 Å². The van der Waals surface area contributed by atoms with E-state index < -0.39 is 16.1 Å². The molecule has 0 aliphatic carbocycles. The second-order valence-corrected chi connectivity index (χ2v) is 25.1. The van der Waals surface area contributed by atoms with E-state index in [9.17, 15) is 0 Å². The van der Waals surface area contributed by atoms with Crippen molar-refractivity contribution in [2.45, 2.75) is 141 Å². The molecule has 0 bridgehead atoms. The van der Waals surface area contributed by atoms with Crippen LogP contribution >= 0.6 is 0 Å². The third-order valence-corrected chi connectivity index (χ3v) is 17.3. The Kier molecular flexibility index (Phi) is 16.8. The molecule has 0 atom stereocenters. The molecule has 226 valence electrons. The normalized spacial score (nSPS) is 12.1. The number of rotatable bonds is 23. The fourth-order valence-corrected chi connectivity index (χ4v) is 19.2. The van der Waals surface area contributed by atoms with Gasteiger partial charge in [-0.1, -0.05) is 128 Å². The summed E-state index contributed by atoms with van der Waals surface area (Å²) in [5, 5.41) is 0. The third kappa shape index (κ3) is 16.6. The fourth-order valence-electron chi connectivity index (χ4n) is 5.79. The van der Waals surface area contributed by atoms with Gasteiger partial charge in [0.2, 0.25) is 0 Å². The highest BCUT2D eigenvalue weighted by atomic mass is 28.4. The fraction of sp³-hybridized carbons (Fsp3) is 0.706. The summed E-state index contributed by atoms with van der Waals surface area (Å²) in [6.07, 6.45) is 21.9. The van der Waals surface area contributed by atoms with E-state index in [0.29, 0.717) is 0 Å². The van der Waals surface area contributed by atoms with Crippen LogP contribution in [0.15, 0.2) is 36.7 Å². The maximum absolute atomic E-state index is 5.98. The molecule has 0 N–H and O–H groups in total. The van der Waals surface area contributed by atoms with Crippen LogP contribution in [0.2, 0.25) is 44.4 Å². The van der Waals surface area contributed by atoms with Crippen molar-refractivity contribution in [2.24, 2.45) is 0 Å². The first-order valence-corrected chi connectivity index (χ1v) is 23.5. The van der Waals surface area contributed by atoms with E-state index in [-0.39, 0.29) is 0 Å². The molecule has 0 radical (unpaired) electrons. The van der Waals surface area contributed by atoms with Crippen molar-refractivity contribution in [1.82, 2.24) is 9.97 Å². The first-order chi connectivity index (χ1) is 19.2. The second-order valence-electron chi connectivity index (χ2n) is 13.7. The lowest BCUT2D eigenvalue weighted by molar-refractivity contribution is 0.302. The van der Waals surface area contributed by atoms with E-state index in [0.717, 1.165) is 48.9 Å². The van der Waals surface area contributed by atoms with Crippen LogP contribution in [-0.4, -0.2) is 39.3 Å². The first-order valence-electron chi connectivity index (χ1n) is 16.4. The molecule has 0 amide bonds. The molecule has 0 aliphatic rings. The summed E-state index contributed by atoms with van der Waals surface area (Å²) in [6.45, 7) is 16.6. The quantitative estimate of drug-likeness (QED) is 0.0962. The Hall–Kier alpha value is -1.67. The van der Waals surface area contributed by atoms with Gasteiger partial charge in [0.15, 0.2) is 11.6 Å². The molecule has 1 aromatic heterocycles. The minimum atomic E-state index is -0.971. The molecule has 0 saturated heterocycles. The summed E-state index contributed by atoms with van der Waals surface area (Å²) in [5.41, 5.74) is 2.57. The lowest BCUT2D eigenvalue weighted by atomic mass is 10.1. The van der Waals surface area contributed by atoms with Crippen molar-refractivity contribution < 1.29 is 9.47 Å². The molecule has 4 nitrogen and oxygen atoms in total. The predicted molar refractivity (Wildman–Crippen MR) is 179 cm³/mol. The van der Waals surface area contributed by atoms with Gasteiger partial charge in [0, 0.05) is 21.7 Å². The van der Waals surface area contributed by atoms with Crippen molar-refractivity contribution >= 4 is 16.1 Å². The van der Waals surface area contributed by atoms with Crippen LogP contribution in [0.4, 0.5) is 0 Å². The van der Waals surface area contributed by atoms with Gasteiger partial charge in [-0.25, -0.2) is 9.97 Å². The smallest absolute Gasteiger partial charge is 0.159 e. The number of nitrogens with zero attached hydrogens (tertiary/aromatic N) is 2. The van der Waals surface area contributed by atoms with Gasteiger partial charge in [0.1, 0.15) is 5.75 Å². The van der Waals surface area contributed by atoms with Crippen LogP contribution in [0.1, 0.15) is 96.8 Å². The van der Waals surface area contributed by atoms with Gasteiger partial charge >= 0.3 is 0 Å². The van der Waals surface area contributed by atoms with Crippen LogP contribution in [0, 0.1) is 0 Å². The Labute approximate surface area is 249 Å². The number of hydrogen-bond donors (Lipinski definition) is 0. The van der Waals surface area contributed by atoms with Gasteiger partial charge in [-0.05, 0) is 37.1 Å². The zero-order valence-corrected chi connectivity index (χ0v) is 28.9. The lowest BCUT2D eigenvalue weighted by Crippen LogP contribution is -2.37. The number of hydrogen-bond acceptors (Lipinski definition) is 4. The maximum Gasteiger partial charge on any atom is 0.159 e. The van der Waals surface area contributed by atoms with E-state index in [1.807, 2.05) is 24.3 Å². The molecule has 0 unspecified atom stereocenters. The van der Waals surface area contributed by atoms with Gasteiger partial charge in [-0.2, -0.15) is 0 Å². The number of unbranched alkanes of at least 4 members (excludes halogenated alkanes) is 12. The van der Waals surface area contributed by atoms with Gasteiger partial charge in [-0.3, -0.25) is 0 Å². The molecule has 2 rings (SSSR count). The van der Waals surface area contributed by atoms with E-state index in [2.05, 4.69) is 49.6 Å². The number of aromatic nitrogens is 2. The van der Waals surface area contributed by atoms with E-state index in [1.54, 1.807) is 18.1 Å². The maximum atomic E-state index is 5.98. The van der Waals surface area contributed by atoms with E-state index in [1.165, 1.54) is 83.1 Å². The lowest BCUT2D eigenvalue weighted by Gasteiger charge is -2.29. The second kappa shape index (κ2) is 19.5. The molecule has 0 spiro atoms. The third-order valence-electron chi connectivity index (χ3n) is 7.53. The van der Waals surface area contributed by atoms with Crippen LogP contribution < -0.4 is 9.47 Å². The average Bonchev–Trinajstić information content (AvgIpc) is 2.90. The molecule has 0 aliphatic heterocycles. The topological polar surface area (TPSA) is 44.2 Å². The highest BCUT2D eigenvalue weighted by molar-refractivity contribution is 6.94. The SMILES string of the molecule is CCCCCCCCCCOc1cnc(-c2ccc(OCCCCCCCC[Si](C)(C)C[Si](C)(C)C)cc2)nc1. The van der Waals surface area contributed by atoms with Crippen molar-refractivity contribution in [3.8, 4) is 22.9 Å². The van der Waals surface area contributed by atoms with Crippen molar-refractivity contribution in [1.29, 1.82) is 0 Å². The Balaban J connectivity index is 1.53. The molecule has 0 fully saturated rings. The minimum absolute atomic E-state index is 0.720. The molecule has 1 heterocycles. The largest absolute Gasteiger partial charge is 0.494 e. The highest BCUT2D eigenvalue weighted by Gasteiger charge is 2.27. The first kappa shape index (κ1) is 34.5. The highest BCUT2D eigenvalue weighted by Crippen LogP contribution is 2.26. The Morgan fingerprint density at radius 1 is 0.575 bits per heavy atom. The molecule has 0 saturated carbocycles. The van der Waals surface area contributed by atoms with Crippen LogP contribution in [0.5, 0.6) is 11.5 Å².